The van der Waals surface area contributed by atoms with E-state index in [1.54, 1.807) is 0 Å². The summed E-state index contributed by atoms with van der Waals surface area (Å²) in [5, 5.41) is 12.1. The number of aliphatic carboxylic acids is 1. The number of hydrogen-bond donors (Lipinski definition) is 2. The van der Waals surface area contributed by atoms with Gasteiger partial charge in [-0.25, -0.2) is 9.18 Å². The van der Waals surface area contributed by atoms with Crippen molar-refractivity contribution in [3.8, 4) is 5.75 Å². The first-order valence-corrected chi connectivity index (χ1v) is 7.27. The number of amides is 1. The number of hydrogen-bond acceptors (Lipinski definition) is 3. The zero-order valence-corrected chi connectivity index (χ0v) is 12.7. The maximum Gasteiger partial charge on any atom is 0.329 e. The first-order valence-electron chi connectivity index (χ1n) is 7.27. The maximum atomic E-state index is 13.7. The summed E-state index contributed by atoms with van der Waals surface area (Å²) in [6, 6.07) is 3.81. The van der Waals surface area contributed by atoms with Crippen molar-refractivity contribution >= 4 is 11.9 Å². The van der Waals surface area contributed by atoms with E-state index in [1.165, 1.54) is 19.2 Å². The van der Waals surface area contributed by atoms with E-state index < -0.39 is 23.2 Å². The molecule has 0 radical (unpaired) electrons. The van der Waals surface area contributed by atoms with E-state index in [9.17, 15) is 19.1 Å². The van der Waals surface area contributed by atoms with Crippen LogP contribution in [0.15, 0.2) is 18.2 Å². The van der Waals surface area contributed by atoms with Crippen LogP contribution in [0.4, 0.5) is 4.39 Å². The summed E-state index contributed by atoms with van der Waals surface area (Å²) < 4.78 is 18.5. The number of carboxylic acids is 1. The molecular weight excluding hydrogens is 289 g/mol. The second-order valence-electron chi connectivity index (χ2n) is 5.87. The zero-order valence-electron chi connectivity index (χ0n) is 12.7. The maximum absolute atomic E-state index is 13.7. The van der Waals surface area contributed by atoms with Gasteiger partial charge in [0.05, 0.1) is 7.11 Å². The fraction of sp³-hybridized carbons (Fsp3) is 0.500. The number of nitrogens with one attached hydrogen (secondary N) is 1. The summed E-state index contributed by atoms with van der Waals surface area (Å²) in [6.45, 7) is 2.06. The Kier molecular flexibility index (Phi) is 4.68. The molecule has 0 saturated heterocycles. The van der Waals surface area contributed by atoms with Crippen LogP contribution in [0.25, 0.3) is 0 Å². The lowest BCUT2D eigenvalue weighted by molar-refractivity contribution is -0.146. The Morgan fingerprint density at radius 1 is 1.36 bits per heavy atom. The predicted molar refractivity (Wildman–Crippen MR) is 78.4 cm³/mol. The Hall–Kier alpha value is -2.11. The largest absolute Gasteiger partial charge is 0.494 e. The number of methoxy groups -OCH3 is 1. The highest BCUT2D eigenvalue weighted by Gasteiger charge is 2.42. The number of halogens is 1. The molecule has 1 aromatic rings. The average Bonchev–Trinajstić information content (AvgIpc) is 2.49. The zero-order chi connectivity index (χ0) is 16.3. The van der Waals surface area contributed by atoms with Gasteiger partial charge < -0.3 is 15.2 Å². The first kappa shape index (κ1) is 16.3. The van der Waals surface area contributed by atoms with Crippen LogP contribution < -0.4 is 10.1 Å². The molecule has 1 aliphatic rings. The molecule has 1 aliphatic carbocycles. The van der Waals surface area contributed by atoms with Gasteiger partial charge in [-0.15, -0.1) is 0 Å². The van der Waals surface area contributed by atoms with Crippen molar-refractivity contribution in [3.05, 3.63) is 29.6 Å². The number of rotatable bonds is 4. The Labute approximate surface area is 128 Å². The van der Waals surface area contributed by atoms with Gasteiger partial charge in [-0.1, -0.05) is 6.92 Å². The molecule has 0 unspecified atom stereocenters. The Balaban J connectivity index is 2.18. The molecule has 0 heterocycles. The van der Waals surface area contributed by atoms with E-state index in [1.807, 2.05) is 0 Å². The second-order valence-corrected chi connectivity index (χ2v) is 5.87. The molecule has 0 aromatic heterocycles. The molecule has 0 spiro atoms. The Morgan fingerprint density at radius 3 is 2.50 bits per heavy atom. The smallest absolute Gasteiger partial charge is 0.329 e. The molecule has 1 saturated carbocycles. The van der Waals surface area contributed by atoms with Crippen LogP contribution >= 0.6 is 0 Å². The first-order chi connectivity index (χ1) is 10.4. The third kappa shape index (κ3) is 3.21. The van der Waals surface area contributed by atoms with Gasteiger partial charge in [0.15, 0.2) is 11.6 Å². The van der Waals surface area contributed by atoms with Gasteiger partial charge in [-0.3, -0.25) is 4.79 Å². The van der Waals surface area contributed by atoms with E-state index in [-0.39, 0.29) is 11.3 Å². The number of carbonyl (C=O) groups excluding carboxylic acids is 1. The van der Waals surface area contributed by atoms with Crippen molar-refractivity contribution in [2.75, 3.05) is 7.11 Å². The van der Waals surface area contributed by atoms with Gasteiger partial charge in [0.1, 0.15) is 5.54 Å². The highest BCUT2D eigenvalue weighted by molar-refractivity contribution is 5.98. The normalized spacial score (nSPS) is 24.6. The van der Waals surface area contributed by atoms with Gasteiger partial charge in [0.25, 0.3) is 5.91 Å². The van der Waals surface area contributed by atoms with Crippen molar-refractivity contribution in [1.29, 1.82) is 0 Å². The number of ether oxygens (including phenoxy) is 1. The van der Waals surface area contributed by atoms with Gasteiger partial charge in [0.2, 0.25) is 0 Å². The van der Waals surface area contributed by atoms with Gasteiger partial charge in [-0.05, 0) is 49.8 Å². The molecule has 0 atom stereocenters. The third-order valence-corrected chi connectivity index (χ3v) is 4.30. The lowest BCUT2D eigenvalue weighted by Crippen LogP contribution is -2.56. The lowest BCUT2D eigenvalue weighted by atomic mass is 9.77. The van der Waals surface area contributed by atoms with Crippen LogP contribution in [0.5, 0.6) is 5.75 Å². The van der Waals surface area contributed by atoms with Crippen molar-refractivity contribution in [2.24, 2.45) is 5.92 Å². The minimum absolute atomic E-state index is 0.0380. The minimum atomic E-state index is -1.26. The number of benzene rings is 1. The summed E-state index contributed by atoms with van der Waals surface area (Å²) in [5.41, 5.74) is -1.18. The van der Waals surface area contributed by atoms with Crippen molar-refractivity contribution in [2.45, 2.75) is 38.1 Å². The highest BCUT2D eigenvalue weighted by Crippen LogP contribution is 2.32. The van der Waals surface area contributed by atoms with E-state index >= 15 is 0 Å². The molecule has 5 nitrogen and oxygen atoms in total. The molecule has 0 aliphatic heterocycles. The van der Waals surface area contributed by atoms with Crippen LogP contribution in [0.2, 0.25) is 0 Å². The van der Waals surface area contributed by atoms with Crippen LogP contribution in [-0.2, 0) is 4.79 Å². The van der Waals surface area contributed by atoms with Gasteiger partial charge >= 0.3 is 5.97 Å². The summed E-state index contributed by atoms with van der Waals surface area (Å²) >= 11 is 0. The molecule has 6 heteroatoms. The molecule has 1 aromatic carbocycles. The topological polar surface area (TPSA) is 75.6 Å². The van der Waals surface area contributed by atoms with Crippen LogP contribution in [0, 0.1) is 11.7 Å². The van der Waals surface area contributed by atoms with Gasteiger partial charge in [-0.2, -0.15) is 0 Å². The van der Waals surface area contributed by atoms with Crippen LogP contribution in [0.1, 0.15) is 43.0 Å². The fourth-order valence-electron chi connectivity index (χ4n) is 2.74. The van der Waals surface area contributed by atoms with E-state index in [0.29, 0.717) is 18.8 Å². The number of carboxylic acid groups (broad SMARTS) is 1. The predicted octanol–water partition coefficient (Wildman–Crippen LogP) is 2.60. The van der Waals surface area contributed by atoms with Gasteiger partial charge in [0, 0.05) is 5.56 Å². The third-order valence-electron chi connectivity index (χ3n) is 4.30. The summed E-state index contributed by atoms with van der Waals surface area (Å²) in [4.78, 5) is 23.9. The molecular formula is C16H20FNO4. The Bertz CT molecular complexity index is 580. The molecule has 2 N–H and O–H groups in total. The molecule has 1 amide bonds. The molecule has 2 rings (SSSR count). The highest BCUT2D eigenvalue weighted by atomic mass is 19.1. The second kappa shape index (κ2) is 6.34. The van der Waals surface area contributed by atoms with E-state index in [2.05, 4.69) is 12.2 Å². The summed E-state index contributed by atoms with van der Waals surface area (Å²) in [6.07, 6.45) is 2.24. The van der Waals surface area contributed by atoms with Crippen LogP contribution in [0.3, 0.4) is 0 Å². The lowest BCUT2D eigenvalue weighted by Gasteiger charge is -2.36. The molecule has 0 bridgehead atoms. The standard InChI is InChI=1S/C16H20FNO4/c1-10-5-7-16(8-6-10,15(20)21)18-14(19)11-3-4-13(22-2)12(17)9-11/h3-4,9-10H,5-8H2,1-2H3,(H,18,19)(H,20,21). The minimum Gasteiger partial charge on any atom is -0.494 e. The average molecular weight is 309 g/mol. The van der Waals surface area contributed by atoms with E-state index in [0.717, 1.165) is 18.9 Å². The van der Waals surface area contributed by atoms with Crippen molar-refractivity contribution < 1.29 is 23.8 Å². The van der Waals surface area contributed by atoms with Crippen molar-refractivity contribution in [3.63, 3.8) is 0 Å². The molecule has 22 heavy (non-hydrogen) atoms. The molecule has 1 fully saturated rings. The van der Waals surface area contributed by atoms with Crippen LogP contribution in [-0.4, -0.2) is 29.6 Å². The quantitative estimate of drug-likeness (QED) is 0.896. The van der Waals surface area contributed by atoms with E-state index in [4.69, 9.17) is 4.74 Å². The fourth-order valence-corrected chi connectivity index (χ4v) is 2.74. The number of carbonyl (C=O) groups is 2. The SMILES string of the molecule is COc1ccc(C(=O)NC2(C(=O)O)CCC(C)CC2)cc1F. The van der Waals surface area contributed by atoms with Crippen molar-refractivity contribution in [1.82, 2.24) is 5.32 Å². The monoisotopic (exact) mass is 309 g/mol. The summed E-state index contributed by atoms with van der Waals surface area (Å²) in [7, 11) is 1.33. The molecule has 120 valence electrons. The Morgan fingerprint density at radius 2 is 2.00 bits per heavy atom. The summed E-state index contributed by atoms with van der Waals surface area (Å²) in [5.74, 6) is -1.80.